The third-order valence-electron chi connectivity index (χ3n) is 5.99. The molecule has 0 atom stereocenters. The Morgan fingerprint density at radius 2 is 1.87 bits per heavy atom. The van der Waals surface area contributed by atoms with Crippen molar-refractivity contribution in [1.29, 1.82) is 0 Å². The van der Waals surface area contributed by atoms with Crippen LogP contribution in [0, 0.1) is 0 Å². The summed E-state index contributed by atoms with van der Waals surface area (Å²) in [6, 6.07) is 11.8. The lowest BCUT2D eigenvalue weighted by Gasteiger charge is -2.26. The lowest BCUT2D eigenvalue weighted by Crippen LogP contribution is -2.28. The van der Waals surface area contributed by atoms with Crippen molar-refractivity contribution < 1.29 is 17.4 Å². The first-order chi connectivity index (χ1) is 14.9. The third kappa shape index (κ3) is 4.05. The van der Waals surface area contributed by atoms with Crippen molar-refractivity contribution in [1.82, 2.24) is 15.2 Å². The van der Waals surface area contributed by atoms with Crippen LogP contribution in [0.2, 0.25) is 0 Å². The van der Waals surface area contributed by atoms with Crippen LogP contribution >= 0.6 is 0 Å². The molecule has 2 aliphatic heterocycles. The Morgan fingerprint density at radius 1 is 1.06 bits per heavy atom. The quantitative estimate of drug-likeness (QED) is 0.595. The summed E-state index contributed by atoms with van der Waals surface area (Å²) in [7, 11) is -3.68. The largest absolute Gasteiger partial charge is 0.382 e. The molecule has 0 bridgehead atoms. The summed E-state index contributed by atoms with van der Waals surface area (Å²) < 4.78 is 28.3. The van der Waals surface area contributed by atoms with Gasteiger partial charge < -0.3 is 14.5 Å². The molecule has 0 saturated carbocycles. The van der Waals surface area contributed by atoms with E-state index in [-0.39, 0.29) is 18.2 Å². The van der Waals surface area contributed by atoms with Crippen LogP contribution in [0.5, 0.6) is 5.75 Å². The molecule has 5 rings (SSSR count). The first-order valence-corrected chi connectivity index (χ1v) is 12.4. The zero-order valence-corrected chi connectivity index (χ0v) is 18.2. The number of H-pyrrole nitrogens is 1. The van der Waals surface area contributed by atoms with Crippen molar-refractivity contribution in [3.63, 3.8) is 0 Å². The van der Waals surface area contributed by atoms with Gasteiger partial charge in [-0.1, -0.05) is 12.5 Å². The fourth-order valence-electron chi connectivity index (χ4n) is 4.59. The molecule has 0 unspecified atom stereocenters. The normalized spacial score (nSPS) is 17.0. The second-order valence-corrected chi connectivity index (χ2v) is 9.95. The molecule has 2 aliphatic rings. The van der Waals surface area contributed by atoms with Gasteiger partial charge in [-0.15, -0.1) is 0 Å². The number of fused-ring (bicyclic) bond motifs is 2. The number of carbonyl (C=O) groups is 1. The van der Waals surface area contributed by atoms with Crippen molar-refractivity contribution in [2.75, 3.05) is 19.3 Å². The molecule has 1 saturated heterocycles. The first kappa shape index (κ1) is 20.1. The van der Waals surface area contributed by atoms with Crippen LogP contribution in [0.25, 0.3) is 22.2 Å². The van der Waals surface area contributed by atoms with E-state index >= 15 is 0 Å². The van der Waals surface area contributed by atoms with Crippen molar-refractivity contribution in [3.05, 3.63) is 53.1 Å². The van der Waals surface area contributed by atoms with Gasteiger partial charge in [0.05, 0.1) is 11.8 Å². The lowest BCUT2D eigenvalue weighted by atomic mass is 9.99. The van der Waals surface area contributed by atoms with E-state index in [1.54, 1.807) is 12.1 Å². The number of aromatic nitrogens is 1. The van der Waals surface area contributed by atoms with E-state index in [1.165, 1.54) is 24.8 Å². The SMILES string of the molecule is CS(=O)(=O)Oc1ccc(-c2cc3cc(CN4CCCCC4)ccc3[nH]2)c2c1CNC2=O. The van der Waals surface area contributed by atoms with Crippen LogP contribution in [-0.4, -0.2) is 43.6 Å². The maximum atomic E-state index is 12.5. The third-order valence-corrected chi connectivity index (χ3v) is 6.48. The molecule has 0 radical (unpaired) electrons. The fourth-order valence-corrected chi connectivity index (χ4v) is 5.07. The van der Waals surface area contributed by atoms with Crippen LogP contribution in [-0.2, 0) is 23.2 Å². The minimum Gasteiger partial charge on any atom is -0.382 e. The highest BCUT2D eigenvalue weighted by Crippen LogP contribution is 2.36. The number of benzene rings is 2. The number of nitrogens with one attached hydrogen (secondary N) is 2. The molecule has 2 N–H and O–H groups in total. The van der Waals surface area contributed by atoms with Gasteiger partial charge in [0.15, 0.2) is 0 Å². The fraction of sp³-hybridized carbons (Fsp3) is 0.348. The van der Waals surface area contributed by atoms with Crippen molar-refractivity contribution >= 4 is 26.9 Å². The molecule has 8 heteroatoms. The molecule has 3 heterocycles. The highest BCUT2D eigenvalue weighted by Gasteiger charge is 2.28. The van der Waals surface area contributed by atoms with Crippen molar-refractivity contribution in [2.24, 2.45) is 0 Å². The number of hydrogen-bond acceptors (Lipinski definition) is 5. The zero-order valence-electron chi connectivity index (χ0n) is 17.4. The second-order valence-electron chi connectivity index (χ2n) is 8.38. The minimum atomic E-state index is -3.68. The summed E-state index contributed by atoms with van der Waals surface area (Å²) in [4.78, 5) is 18.4. The molecule has 1 fully saturated rings. The van der Waals surface area contributed by atoms with Crippen LogP contribution in [0.3, 0.4) is 0 Å². The van der Waals surface area contributed by atoms with Gasteiger partial charge in [-0.25, -0.2) is 0 Å². The van der Waals surface area contributed by atoms with Crippen LogP contribution in [0.1, 0.15) is 40.7 Å². The summed E-state index contributed by atoms with van der Waals surface area (Å²) in [6.07, 6.45) is 4.85. The van der Waals surface area contributed by atoms with Crippen LogP contribution in [0.15, 0.2) is 36.4 Å². The molecule has 1 aromatic heterocycles. The van der Waals surface area contributed by atoms with Crippen LogP contribution < -0.4 is 9.50 Å². The lowest BCUT2D eigenvalue weighted by molar-refractivity contribution is 0.0966. The minimum absolute atomic E-state index is 0.194. The van der Waals surface area contributed by atoms with E-state index in [2.05, 4.69) is 33.4 Å². The molecular formula is C23H25N3O4S. The molecule has 0 aliphatic carbocycles. The Kier molecular flexibility index (Phi) is 4.98. The van der Waals surface area contributed by atoms with Crippen molar-refractivity contribution in [3.8, 4) is 17.0 Å². The number of carbonyl (C=O) groups excluding carboxylic acids is 1. The van der Waals surface area contributed by atoms with Gasteiger partial charge in [-0.05, 0) is 61.8 Å². The van der Waals surface area contributed by atoms with E-state index in [0.29, 0.717) is 11.1 Å². The number of likely N-dealkylation sites (tertiary alicyclic amines) is 1. The number of aromatic amines is 1. The van der Waals surface area contributed by atoms with E-state index in [1.807, 2.05) is 6.07 Å². The molecule has 7 nitrogen and oxygen atoms in total. The summed E-state index contributed by atoms with van der Waals surface area (Å²) in [6.45, 7) is 3.50. The first-order valence-electron chi connectivity index (χ1n) is 10.6. The maximum absolute atomic E-state index is 12.5. The highest BCUT2D eigenvalue weighted by atomic mass is 32.2. The number of amides is 1. The maximum Gasteiger partial charge on any atom is 0.306 e. The Bertz CT molecular complexity index is 1270. The van der Waals surface area contributed by atoms with E-state index < -0.39 is 10.1 Å². The topological polar surface area (TPSA) is 91.5 Å². The summed E-state index contributed by atoms with van der Waals surface area (Å²) in [5.41, 5.74) is 4.86. The zero-order chi connectivity index (χ0) is 21.6. The Hall–Kier alpha value is -2.84. The van der Waals surface area contributed by atoms with Gasteiger partial charge in [0.2, 0.25) is 0 Å². The predicted octanol–water partition coefficient (Wildman–Crippen LogP) is 3.40. The number of nitrogens with zero attached hydrogens (tertiary/aromatic N) is 1. The van der Waals surface area contributed by atoms with Gasteiger partial charge in [-0.3, -0.25) is 9.69 Å². The number of rotatable bonds is 5. The Labute approximate surface area is 181 Å². The molecule has 1 amide bonds. The summed E-state index contributed by atoms with van der Waals surface area (Å²) >= 11 is 0. The monoisotopic (exact) mass is 439 g/mol. The summed E-state index contributed by atoms with van der Waals surface area (Å²) in [5, 5.41) is 3.87. The van der Waals surface area contributed by atoms with Gasteiger partial charge in [0.1, 0.15) is 5.75 Å². The molecule has 31 heavy (non-hydrogen) atoms. The smallest absolute Gasteiger partial charge is 0.306 e. The van der Waals surface area contributed by atoms with E-state index in [0.717, 1.165) is 48.1 Å². The molecular weight excluding hydrogens is 414 g/mol. The molecule has 0 spiro atoms. The standard InChI is InChI=1S/C23H25N3O4S/c1-31(28,29)30-21-8-6-17(22-18(21)13-24-23(22)27)20-12-16-11-15(5-7-19(16)25-20)14-26-9-3-2-4-10-26/h5-8,11-12,25H,2-4,9-10,13-14H2,1H3,(H,24,27). The van der Waals surface area contributed by atoms with Crippen LogP contribution in [0.4, 0.5) is 0 Å². The molecule has 2 aromatic carbocycles. The number of hydrogen-bond donors (Lipinski definition) is 2. The predicted molar refractivity (Wildman–Crippen MR) is 120 cm³/mol. The molecule has 162 valence electrons. The second kappa shape index (κ2) is 7.69. The Morgan fingerprint density at radius 3 is 2.65 bits per heavy atom. The summed E-state index contributed by atoms with van der Waals surface area (Å²) in [5.74, 6) is -0.0343. The molecule has 3 aromatic rings. The van der Waals surface area contributed by atoms with Gasteiger partial charge in [0, 0.05) is 40.8 Å². The van der Waals surface area contributed by atoms with Crippen molar-refractivity contribution in [2.45, 2.75) is 32.4 Å². The van der Waals surface area contributed by atoms with E-state index in [4.69, 9.17) is 4.18 Å². The highest BCUT2D eigenvalue weighted by molar-refractivity contribution is 7.86. The van der Waals surface area contributed by atoms with Gasteiger partial charge in [0.25, 0.3) is 5.91 Å². The van der Waals surface area contributed by atoms with Gasteiger partial charge in [-0.2, -0.15) is 8.42 Å². The van der Waals surface area contributed by atoms with Gasteiger partial charge >= 0.3 is 10.1 Å². The average Bonchev–Trinajstić information content (AvgIpc) is 3.32. The number of piperidine rings is 1. The average molecular weight is 440 g/mol. The van der Waals surface area contributed by atoms with E-state index in [9.17, 15) is 13.2 Å². The Balaban J connectivity index is 1.50.